The maximum Gasteiger partial charge on any atom is 0.246 e. The second kappa shape index (κ2) is 13.2. The maximum absolute atomic E-state index is 13.4. The summed E-state index contributed by atoms with van der Waals surface area (Å²) in [4.78, 5) is 32.8. The third-order valence-corrected chi connectivity index (χ3v) is 6.43. The monoisotopic (exact) mass is 560 g/mol. The van der Waals surface area contributed by atoms with Gasteiger partial charge in [-0.25, -0.2) is 4.98 Å². The zero-order chi connectivity index (χ0) is 28.6. The molecule has 208 valence electrons. The van der Waals surface area contributed by atoms with Gasteiger partial charge in [0.2, 0.25) is 17.8 Å². The average Bonchev–Trinajstić information content (AvgIpc) is 3.36. The Hall–Kier alpha value is -4.30. The molecule has 0 aliphatic carbocycles. The molecule has 0 aliphatic heterocycles. The van der Waals surface area contributed by atoms with E-state index in [4.69, 9.17) is 26.1 Å². The highest BCUT2D eigenvalue weighted by molar-refractivity contribution is 6.30. The highest BCUT2D eigenvalue weighted by Crippen LogP contribution is 2.30. The number of nitrogens with zero attached hydrogens (tertiary/aromatic N) is 3. The summed E-state index contributed by atoms with van der Waals surface area (Å²) in [6.45, 7) is 4.38. The van der Waals surface area contributed by atoms with Gasteiger partial charge in [0.1, 0.15) is 11.5 Å². The van der Waals surface area contributed by atoms with Crippen molar-refractivity contribution in [2.24, 2.45) is 5.92 Å². The summed E-state index contributed by atoms with van der Waals surface area (Å²) in [7, 11) is 3.15. The molecule has 3 aromatic carbocycles. The first-order valence-electron chi connectivity index (χ1n) is 13.0. The van der Waals surface area contributed by atoms with Gasteiger partial charge in [-0.1, -0.05) is 67.9 Å². The lowest BCUT2D eigenvalue weighted by atomic mass is 10.1. The fraction of sp³-hybridized carbons (Fsp3) is 0.258. The second-order valence-corrected chi connectivity index (χ2v) is 10.2. The van der Waals surface area contributed by atoms with E-state index >= 15 is 0 Å². The predicted molar refractivity (Wildman–Crippen MR) is 157 cm³/mol. The summed E-state index contributed by atoms with van der Waals surface area (Å²) in [5, 5.41) is 3.53. The summed E-state index contributed by atoms with van der Waals surface area (Å²) < 4.78 is 12.7. The van der Waals surface area contributed by atoms with Gasteiger partial charge >= 0.3 is 0 Å². The zero-order valence-electron chi connectivity index (χ0n) is 23.1. The molecule has 40 heavy (non-hydrogen) atoms. The molecule has 0 unspecified atom stereocenters. The molecular formula is C31H33ClN4O4. The molecule has 1 N–H and O–H groups in total. The Kier molecular flexibility index (Phi) is 9.45. The summed E-state index contributed by atoms with van der Waals surface area (Å²) >= 11 is 6.09. The van der Waals surface area contributed by atoms with Gasteiger partial charge in [-0.3, -0.25) is 19.5 Å². The summed E-state index contributed by atoms with van der Waals surface area (Å²) in [6.07, 6.45) is 2.04. The van der Waals surface area contributed by atoms with Crippen LogP contribution < -0.4 is 14.8 Å². The lowest BCUT2D eigenvalue weighted by Crippen LogP contribution is -2.41. The first-order valence-corrected chi connectivity index (χ1v) is 13.3. The topological polar surface area (TPSA) is 85.7 Å². The van der Waals surface area contributed by atoms with Gasteiger partial charge in [0.25, 0.3) is 0 Å². The number of ether oxygens (including phenoxy) is 2. The molecule has 0 bridgehead atoms. The number of imidazole rings is 1. The van der Waals surface area contributed by atoms with Crippen molar-refractivity contribution in [3.05, 3.63) is 89.6 Å². The molecule has 0 atom stereocenters. The van der Waals surface area contributed by atoms with Gasteiger partial charge in [0.15, 0.2) is 0 Å². The number of rotatable bonds is 11. The zero-order valence-corrected chi connectivity index (χ0v) is 23.8. The standard InChI is InChI=1S/C31H33ClN4O4/c1-21(2)18-35(30(38)14-22-8-6-5-7-9-22)20-29(37)34-31-33-28(23-10-12-24(32)13-11-23)19-36(31)25-15-26(39-3)17-27(16-25)40-4/h5-13,15-17,19,21H,14,18,20H2,1-4H3,(H,33,34,37). The summed E-state index contributed by atoms with van der Waals surface area (Å²) in [5.41, 5.74) is 3.04. The van der Waals surface area contributed by atoms with Crippen LogP contribution in [0.1, 0.15) is 19.4 Å². The molecule has 0 fully saturated rings. The summed E-state index contributed by atoms with van der Waals surface area (Å²) in [5.74, 6) is 1.19. The molecule has 1 aromatic heterocycles. The van der Waals surface area contributed by atoms with Crippen molar-refractivity contribution in [2.45, 2.75) is 20.3 Å². The van der Waals surface area contributed by atoms with Crippen LogP contribution in [0.2, 0.25) is 5.02 Å². The van der Waals surface area contributed by atoms with Crippen LogP contribution in [0.5, 0.6) is 11.5 Å². The highest BCUT2D eigenvalue weighted by Gasteiger charge is 2.21. The van der Waals surface area contributed by atoms with E-state index in [-0.39, 0.29) is 30.7 Å². The number of halogens is 1. The average molecular weight is 561 g/mol. The second-order valence-electron chi connectivity index (χ2n) is 9.78. The van der Waals surface area contributed by atoms with E-state index in [0.717, 1.165) is 11.1 Å². The predicted octanol–water partition coefficient (Wildman–Crippen LogP) is 5.88. The fourth-order valence-corrected chi connectivity index (χ4v) is 4.40. The van der Waals surface area contributed by atoms with Crippen molar-refractivity contribution in [1.82, 2.24) is 14.5 Å². The molecule has 9 heteroatoms. The molecule has 2 amide bonds. The van der Waals surface area contributed by atoms with Crippen LogP contribution in [0.25, 0.3) is 16.9 Å². The van der Waals surface area contributed by atoms with Crippen LogP contribution in [-0.2, 0) is 16.0 Å². The van der Waals surface area contributed by atoms with Gasteiger partial charge in [-0.15, -0.1) is 0 Å². The number of methoxy groups -OCH3 is 2. The van der Waals surface area contributed by atoms with Gasteiger partial charge in [0, 0.05) is 41.5 Å². The molecule has 0 radical (unpaired) electrons. The Morgan fingerprint density at radius 1 is 0.975 bits per heavy atom. The third kappa shape index (κ3) is 7.42. The number of carbonyl (C=O) groups excluding carboxylic acids is 2. The van der Waals surface area contributed by atoms with Crippen molar-refractivity contribution in [1.29, 1.82) is 0 Å². The molecule has 0 spiro atoms. The molecule has 8 nitrogen and oxygen atoms in total. The van der Waals surface area contributed by atoms with E-state index in [2.05, 4.69) is 5.32 Å². The van der Waals surface area contributed by atoms with Crippen molar-refractivity contribution >= 4 is 29.4 Å². The van der Waals surface area contributed by atoms with E-state index < -0.39 is 0 Å². The molecule has 1 heterocycles. The van der Waals surface area contributed by atoms with Gasteiger partial charge in [0.05, 0.1) is 38.6 Å². The summed E-state index contributed by atoms with van der Waals surface area (Å²) in [6, 6.07) is 22.2. The van der Waals surface area contributed by atoms with Crippen LogP contribution in [0, 0.1) is 5.92 Å². The number of aromatic nitrogens is 2. The fourth-order valence-electron chi connectivity index (χ4n) is 4.27. The molecule has 4 aromatic rings. The first-order chi connectivity index (χ1) is 19.2. The van der Waals surface area contributed by atoms with E-state index in [1.807, 2.05) is 74.6 Å². The Labute approximate surface area is 239 Å². The van der Waals surface area contributed by atoms with E-state index in [1.54, 1.807) is 41.9 Å². The number of amides is 2. The number of carbonyl (C=O) groups is 2. The minimum atomic E-state index is -0.355. The Bertz CT molecular complexity index is 1430. The first kappa shape index (κ1) is 28.7. The Morgan fingerprint density at radius 2 is 1.62 bits per heavy atom. The highest BCUT2D eigenvalue weighted by atomic mass is 35.5. The third-order valence-electron chi connectivity index (χ3n) is 6.18. The number of hydrogen-bond acceptors (Lipinski definition) is 5. The lowest BCUT2D eigenvalue weighted by Gasteiger charge is -2.24. The number of nitrogens with one attached hydrogen (secondary N) is 1. The lowest BCUT2D eigenvalue weighted by molar-refractivity contribution is -0.134. The molecule has 0 saturated heterocycles. The van der Waals surface area contributed by atoms with Gasteiger partial charge < -0.3 is 14.4 Å². The van der Waals surface area contributed by atoms with Gasteiger partial charge in [-0.2, -0.15) is 0 Å². The quantitative estimate of drug-likeness (QED) is 0.248. The van der Waals surface area contributed by atoms with Crippen molar-refractivity contribution in [3.8, 4) is 28.4 Å². The number of hydrogen-bond donors (Lipinski definition) is 1. The van der Waals surface area contributed by atoms with Gasteiger partial charge in [-0.05, 0) is 23.6 Å². The van der Waals surface area contributed by atoms with Crippen LogP contribution >= 0.6 is 11.6 Å². The van der Waals surface area contributed by atoms with Crippen molar-refractivity contribution in [2.75, 3.05) is 32.6 Å². The van der Waals surface area contributed by atoms with Crippen LogP contribution in [-0.4, -0.2) is 53.6 Å². The van der Waals surface area contributed by atoms with Crippen LogP contribution in [0.15, 0.2) is 79.0 Å². The molecule has 4 rings (SSSR count). The van der Waals surface area contributed by atoms with E-state index in [1.165, 1.54) is 0 Å². The largest absolute Gasteiger partial charge is 0.497 e. The minimum Gasteiger partial charge on any atom is -0.497 e. The SMILES string of the molecule is COc1cc(OC)cc(-n2cc(-c3ccc(Cl)cc3)nc2NC(=O)CN(CC(C)C)C(=O)Cc2ccccc2)c1. The maximum atomic E-state index is 13.4. The van der Waals surface area contributed by atoms with E-state index in [0.29, 0.717) is 40.4 Å². The Morgan fingerprint density at radius 3 is 2.23 bits per heavy atom. The molecule has 0 aliphatic rings. The van der Waals surface area contributed by atoms with Crippen LogP contribution in [0.3, 0.4) is 0 Å². The normalized spacial score (nSPS) is 10.8. The molecule has 0 saturated carbocycles. The van der Waals surface area contributed by atoms with Crippen molar-refractivity contribution < 1.29 is 19.1 Å². The minimum absolute atomic E-state index is 0.103. The smallest absolute Gasteiger partial charge is 0.246 e. The number of benzene rings is 3. The molecular weight excluding hydrogens is 528 g/mol. The number of anilines is 1. The Balaban J connectivity index is 1.64. The van der Waals surface area contributed by atoms with Crippen molar-refractivity contribution in [3.63, 3.8) is 0 Å². The van der Waals surface area contributed by atoms with Crippen LogP contribution in [0.4, 0.5) is 5.95 Å². The van der Waals surface area contributed by atoms with E-state index in [9.17, 15) is 9.59 Å².